The maximum atomic E-state index is 3.79. The standard InChI is InChI=1S/C15H15Br3S/c1-3-9(2)10-4-6-11(7-5-10)14(17)13-8-12(16)15(18)19-13/h4-9,14H,3H2,1-2H3. The molecule has 2 aromatic rings. The normalized spacial score (nSPS) is 14.4. The molecule has 2 unspecified atom stereocenters. The monoisotopic (exact) mass is 464 g/mol. The summed E-state index contributed by atoms with van der Waals surface area (Å²) in [6.45, 7) is 4.50. The fourth-order valence-electron chi connectivity index (χ4n) is 1.88. The Morgan fingerprint density at radius 2 is 1.68 bits per heavy atom. The van der Waals surface area contributed by atoms with Gasteiger partial charge in [0.05, 0.1) is 8.61 Å². The molecular weight excluding hydrogens is 452 g/mol. The summed E-state index contributed by atoms with van der Waals surface area (Å²) in [5.41, 5.74) is 2.72. The lowest BCUT2D eigenvalue weighted by Crippen LogP contribution is -1.94. The van der Waals surface area contributed by atoms with Crippen LogP contribution in [0.4, 0.5) is 0 Å². The van der Waals surface area contributed by atoms with Crippen LogP contribution in [0.3, 0.4) is 0 Å². The van der Waals surface area contributed by atoms with Gasteiger partial charge >= 0.3 is 0 Å². The van der Waals surface area contributed by atoms with Crippen molar-refractivity contribution < 1.29 is 0 Å². The van der Waals surface area contributed by atoms with Crippen molar-refractivity contribution in [2.45, 2.75) is 31.0 Å². The average Bonchev–Trinajstić information content (AvgIpc) is 2.77. The molecule has 1 heterocycles. The van der Waals surface area contributed by atoms with Crippen molar-refractivity contribution in [3.63, 3.8) is 0 Å². The van der Waals surface area contributed by atoms with E-state index in [4.69, 9.17) is 0 Å². The summed E-state index contributed by atoms with van der Waals surface area (Å²) >= 11 is 12.6. The molecule has 0 N–H and O–H groups in total. The van der Waals surface area contributed by atoms with Gasteiger partial charge < -0.3 is 0 Å². The molecule has 0 saturated carbocycles. The molecule has 102 valence electrons. The SMILES string of the molecule is CCC(C)c1ccc(C(Br)c2cc(Br)c(Br)s2)cc1. The molecule has 0 saturated heterocycles. The van der Waals surface area contributed by atoms with E-state index in [0.717, 1.165) is 8.26 Å². The lowest BCUT2D eigenvalue weighted by Gasteiger charge is -2.12. The maximum Gasteiger partial charge on any atom is 0.0843 e. The van der Waals surface area contributed by atoms with Crippen LogP contribution in [-0.2, 0) is 0 Å². The topological polar surface area (TPSA) is 0 Å². The molecule has 0 nitrogen and oxygen atoms in total. The Labute approximate surface area is 144 Å². The van der Waals surface area contributed by atoms with Crippen LogP contribution in [0, 0.1) is 0 Å². The minimum atomic E-state index is 0.256. The number of rotatable bonds is 4. The zero-order valence-electron chi connectivity index (χ0n) is 10.8. The van der Waals surface area contributed by atoms with Crippen LogP contribution < -0.4 is 0 Å². The number of halogens is 3. The van der Waals surface area contributed by atoms with E-state index in [1.807, 2.05) is 0 Å². The number of hydrogen-bond acceptors (Lipinski definition) is 1. The second-order valence-corrected chi connectivity index (χ2v) is 8.78. The summed E-state index contributed by atoms with van der Waals surface area (Å²) in [7, 11) is 0. The molecule has 0 aliphatic carbocycles. The van der Waals surface area contributed by atoms with Crippen LogP contribution in [0.15, 0.2) is 38.6 Å². The Balaban J connectivity index is 2.22. The van der Waals surface area contributed by atoms with Gasteiger partial charge in [-0.3, -0.25) is 0 Å². The van der Waals surface area contributed by atoms with E-state index in [1.165, 1.54) is 22.4 Å². The van der Waals surface area contributed by atoms with E-state index in [1.54, 1.807) is 11.3 Å². The molecule has 0 amide bonds. The van der Waals surface area contributed by atoms with Gasteiger partial charge in [0.15, 0.2) is 0 Å². The first-order valence-electron chi connectivity index (χ1n) is 6.21. The van der Waals surface area contributed by atoms with Crippen molar-refractivity contribution in [2.75, 3.05) is 0 Å². The van der Waals surface area contributed by atoms with Crippen LogP contribution in [0.25, 0.3) is 0 Å². The van der Waals surface area contributed by atoms with E-state index in [-0.39, 0.29) is 4.83 Å². The molecule has 2 atom stereocenters. The van der Waals surface area contributed by atoms with Gasteiger partial charge in [-0.05, 0) is 61.4 Å². The first-order chi connectivity index (χ1) is 9.02. The predicted molar refractivity (Wildman–Crippen MR) is 95.6 cm³/mol. The van der Waals surface area contributed by atoms with Crippen molar-refractivity contribution in [1.29, 1.82) is 0 Å². The molecular formula is C15H15Br3S. The van der Waals surface area contributed by atoms with Gasteiger partial charge in [-0.25, -0.2) is 0 Å². The predicted octanol–water partition coefficient (Wildman–Crippen LogP) is 7.27. The lowest BCUT2D eigenvalue weighted by atomic mass is 9.97. The largest absolute Gasteiger partial charge is 0.131 e. The number of hydrogen-bond donors (Lipinski definition) is 0. The average molecular weight is 467 g/mol. The van der Waals surface area contributed by atoms with Gasteiger partial charge in [0.1, 0.15) is 0 Å². The molecule has 0 bridgehead atoms. The third-order valence-corrected chi connectivity index (χ3v) is 7.97. The van der Waals surface area contributed by atoms with Crippen LogP contribution in [0.1, 0.15) is 47.0 Å². The van der Waals surface area contributed by atoms with Crippen LogP contribution in [0.2, 0.25) is 0 Å². The highest BCUT2D eigenvalue weighted by molar-refractivity contribution is 9.13. The minimum Gasteiger partial charge on any atom is -0.131 e. The minimum absolute atomic E-state index is 0.256. The Hall–Kier alpha value is 0.360. The van der Waals surface area contributed by atoms with Gasteiger partial charge in [-0.1, -0.05) is 54.0 Å². The third-order valence-electron chi connectivity index (χ3n) is 3.32. The summed E-state index contributed by atoms with van der Waals surface area (Å²) < 4.78 is 2.26. The molecule has 1 aromatic heterocycles. The second-order valence-electron chi connectivity index (χ2n) is 4.61. The molecule has 0 fully saturated rings. The first-order valence-corrected chi connectivity index (χ1v) is 9.53. The highest BCUT2D eigenvalue weighted by Crippen LogP contribution is 2.41. The van der Waals surface area contributed by atoms with E-state index >= 15 is 0 Å². The van der Waals surface area contributed by atoms with Gasteiger partial charge in [-0.2, -0.15) is 0 Å². The molecule has 19 heavy (non-hydrogen) atoms. The first kappa shape index (κ1) is 15.7. The van der Waals surface area contributed by atoms with Crippen molar-refractivity contribution in [2.24, 2.45) is 0 Å². The quantitative estimate of drug-likeness (QED) is 0.415. The van der Waals surface area contributed by atoms with Crippen LogP contribution in [-0.4, -0.2) is 0 Å². The van der Waals surface area contributed by atoms with Crippen molar-refractivity contribution >= 4 is 59.1 Å². The van der Waals surface area contributed by atoms with E-state index in [9.17, 15) is 0 Å². The molecule has 1 aromatic carbocycles. The zero-order chi connectivity index (χ0) is 14.0. The van der Waals surface area contributed by atoms with E-state index in [2.05, 4.69) is 92.0 Å². The third kappa shape index (κ3) is 3.72. The Kier molecular flexibility index (Phi) is 5.70. The lowest BCUT2D eigenvalue weighted by molar-refractivity contribution is 0.733. The van der Waals surface area contributed by atoms with E-state index < -0.39 is 0 Å². The van der Waals surface area contributed by atoms with Gasteiger partial charge in [0.25, 0.3) is 0 Å². The highest BCUT2D eigenvalue weighted by Gasteiger charge is 2.15. The van der Waals surface area contributed by atoms with Crippen molar-refractivity contribution in [3.05, 3.63) is 54.6 Å². The summed E-state index contributed by atoms with van der Waals surface area (Å²) in [5.74, 6) is 0.632. The molecule has 4 heteroatoms. The van der Waals surface area contributed by atoms with E-state index in [0.29, 0.717) is 5.92 Å². The molecule has 0 spiro atoms. The summed E-state index contributed by atoms with van der Waals surface area (Å²) in [4.78, 5) is 1.56. The van der Waals surface area contributed by atoms with Crippen molar-refractivity contribution in [3.8, 4) is 0 Å². The fraction of sp³-hybridized carbons (Fsp3) is 0.333. The van der Waals surface area contributed by atoms with Crippen molar-refractivity contribution in [1.82, 2.24) is 0 Å². The van der Waals surface area contributed by atoms with Gasteiger partial charge in [0, 0.05) is 9.35 Å². The maximum absolute atomic E-state index is 3.79. The number of thiophene rings is 1. The Morgan fingerprint density at radius 3 is 2.16 bits per heavy atom. The molecule has 0 radical (unpaired) electrons. The Bertz CT molecular complexity index is 526. The summed E-state index contributed by atoms with van der Waals surface area (Å²) in [6.07, 6.45) is 1.18. The summed E-state index contributed by atoms with van der Waals surface area (Å²) in [6, 6.07) is 11.1. The summed E-state index contributed by atoms with van der Waals surface area (Å²) in [5, 5.41) is 0. The van der Waals surface area contributed by atoms with Crippen LogP contribution in [0.5, 0.6) is 0 Å². The molecule has 0 aliphatic heterocycles. The number of benzene rings is 1. The number of alkyl halides is 1. The Morgan fingerprint density at radius 1 is 1.11 bits per heavy atom. The van der Waals surface area contributed by atoms with Gasteiger partial charge in [0.2, 0.25) is 0 Å². The smallest absolute Gasteiger partial charge is 0.0843 e. The second kappa shape index (κ2) is 6.88. The zero-order valence-corrected chi connectivity index (χ0v) is 16.4. The molecule has 0 aliphatic rings. The van der Waals surface area contributed by atoms with Crippen LogP contribution >= 0.6 is 59.1 Å². The fourth-order valence-corrected chi connectivity index (χ4v) is 4.70. The highest BCUT2D eigenvalue weighted by atomic mass is 79.9. The molecule has 2 rings (SSSR count). The van der Waals surface area contributed by atoms with Gasteiger partial charge in [-0.15, -0.1) is 11.3 Å².